The smallest absolute Gasteiger partial charge is 0.0771 e. The lowest BCUT2D eigenvalue weighted by molar-refractivity contribution is 0.0216. The topological polar surface area (TPSA) is 32.3 Å². The fourth-order valence-corrected chi connectivity index (χ4v) is 2.47. The van der Waals surface area contributed by atoms with E-state index >= 15 is 0 Å². The summed E-state index contributed by atoms with van der Waals surface area (Å²) < 4.78 is 0. The maximum atomic E-state index is 10.5. The monoisotopic (exact) mass is 227 g/mol. The summed E-state index contributed by atoms with van der Waals surface area (Å²) in [6.45, 7) is 7.50. The van der Waals surface area contributed by atoms with Crippen LogP contribution in [0.5, 0.6) is 0 Å². The Hall–Kier alpha value is -0.0800. The Balaban J connectivity index is 2.34. The summed E-state index contributed by atoms with van der Waals surface area (Å²) >= 11 is 0. The van der Waals surface area contributed by atoms with Crippen molar-refractivity contribution in [1.82, 2.24) is 5.32 Å². The van der Waals surface area contributed by atoms with E-state index < -0.39 is 5.60 Å². The molecule has 0 spiro atoms. The van der Waals surface area contributed by atoms with Gasteiger partial charge in [0.1, 0.15) is 0 Å². The first-order chi connectivity index (χ1) is 7.57. The van der Waals surface area contributed by atoms with E-state index in [2.05, 4.69) is 26.1 Å². The molecule has 2 nitrogen and oxygen atoms in total. The molecule has 0 bridgehead atoms. The highest BCUT2D eigenvalue weighted by atomic mass is 16.3. The molecule has 2 atom stereocenters. The van der Waals surface area contributed by atoms with E-state index in [-0.39, 0.29) is 0 Å². The Bertz CT molecular complexity index is 185. The predicted molar refractivity (Wildman–Crippen MR) is 69.6 cm³/mol. The number of aliphatic hydroxyl groups is 1. The molecule has 0 aromatic carbocycles. The van der Waals surface area contributed by atoms with Gasteiger partial charge in [-0.15, -0.1) is 0 Å². The third-order valence-electron chi connectivity index (χ3n) is 4.28. The van der Waals surface area contributed by atoms with Crippen molar-refractivity contribution in [3.63, 3.8) is 0 Å². The summed E-state index contributed by atoms with van der Waals surface area (Å²) in [5.41, 5.74) is -0.432. The first-order valence-corrected chi connectivity index (χ1v) is 7.03. The van der Waals surface area contributed by atoms with E-state index in [0.29, 0.717) is 12.0 Å². The highest BCUT2D eigenvalue weighted by Gasteiger charge is 2.28. The maximum Gasteiger partial charge on any atom is 0.0771 e. The van der Waals surface area contributed by atoms with Gasteiger partial charge in [-0.05, 0) is 25.7 Å². The Morgan fingerprint density at radius 3 is 2.19 bits per heavy atom. The molecule has 0 amide bonds. The Kier molecular flexibility index (Phi) is 5.77. The third kappa shape index (κ3) is 4.42. The van der Waals surface area contributed by atoms with Crippen molar-refractivity contribution in [3.05, 3.63) is 0 Å². The van der Waals surface area contributed by atoms with Gasteiger partial charge in [0, 0.05) is 12.6 Å². The van der Waals surface area contributed by atoms with Crippen LogP contribution in [0.25, 0.3) is 0 Å². The highest BCUT2D eigenvalue weighted by Crippen LogP contribution is 2.26. The molecule has 2 unspecified atom stereocenters. The van der Waals surface area contributed by atoms with Crippen molar-refractivity contribution in [2.24, 2.45) is 5.92 Å². The summed E-state index contributed by atoms with van der Waals surface area (Å²) in [7, 11) is 0. The first kappa shape index (κ1) is 14.0. The molecule has 0 aliphatic heterocycles. The van der Waals surface area contributed by atoms with E-state index in [1.807, 2.05) is 0 Å². The van der Waals surface area contributed by atoms with Crippen molar-refractivity contribution in [2.45, 2.75) is 77.4 Å². The van der Waals surface area contributed by atoms with Crippen LogP contribution in [-0.4, -0.2) is 23.3 Å². The van der Waals surface area contributed by atoms with Crippen molar-refractivity contribution < 1.29 is 5.11 Å². The Morgan fingerprint density at radius 2 is 1.69 bits per heavy atom. The SMILES string of the molecule is CCC(C)C(C)NCC1(O)CCCCCC1. The lowest BCUT2D eigenvalue weighted by atomic mass is 9.93. The van der Waals surface area contributed by atoms with Gasteiger partial charge < -0.3 is 10.4 Å². The summed E-state index contributed by atoms with van der Waals surface area (Å²) in [4.78, 5) is 0. The van der Waals surface area contributed by atoms with Gasteiger partial charge in [0.25, 0.3) is 0 Å². The van der Waals surface area contributed by atoms with Gasteiger partial charge in [-0.25, -0.2) is 0 Å². The van der Waals surface area contributed by atoms with E-state index in [1.54, 1.807) is 0 Å². The lowest BCUT2D eigenvalue weighted by Crippen LogP contribution is -2.45. The molecule has 1 saturated carbocycles. The van der Waals surface area contributed by atoms with Crippen LogP contribution in [0, 0.1) is 5.92 Å². The molecule has 1 aliphatic carbocycles. The summed E-state index contributed by atoms with van der Waals surface area (Å²) in [6.07, 6.45) is 8.13. The van der Waals surface area contributed by atoms with Crippen LogP contribution >= 0.6 is 0 Å². The minimum atomic E-state index is -0.432. The molecule has 2 N–H and O–H groups in total. The zero-order chi connectivity index (χ0) is 12.0. The van der Waals surface area contributed by atoms with Crippen LogP contribution in [0.1, 0.15) is 65.7 Å². The van der Waals surface area contributed by atoms with Gasteiger partial charge in [-0.2, -0.15) is 0 Å². The number of rotatable bonds is 5. The highest BCUT2D eigenvalue weighted by molar-refractivity contribution is 4.84. The van der Waals surface area contributed by atoms with E-state index in [1.165, 1.54) is 32.1 Å². The third-order valence-corrected chi connectivity index (χ3v) is 4.28. The molecule has 1 fully saturated rings. The molecule has 1 aliphatic rings. The number of hydrogen-bond donors (Lipinski definition) is 2. The Labute approximate surface area is 101 Å². The predicted octanol–water partition coefficient (Wildman–Crippen LogP) is 3.10. The molecule has 0 radical (unpaired) electrons. The van der Waals surface area contributed by atoms with Crippen molar-refractivity contribution in [3.8, 4) is 0 Å². The van der Waals surface area contributed by atoms with E-state index in [9.17, 15) is 5.11 Å². The zero-order valence-corrected chi connectivity index (χ0v) is 11.3. The zero-order valence-electron chi connectivity index (χ0n) is 11.3. The average Bonchev–Trinajstić information content (AvgIpc) is 2.50. The molecule has 0 saturated heterocycles. The van der Waals surface area contributed by atoms with Crippen LogP contribution in [0.15, 0.2) is 0 Å². The summed E-state index contributed by atoms with van der Waals surface area (Å²) in [5.74, 6) is 0.689. The minimum absolute atomic E-state index is 0.432. The largest absolute Gasteiger partial charge is 0.389 e. The minimum Gasteiger partial charge on any atom is -0.389 e. The standard InChI is InChI=1S/C14H29NO/c1-4-12(2)13(3)15-11-14(16)9-7-5-6-8-10-14/h12-13,15-16H,4-11H2,1-3H3. The van der Waals surface area contributed by atoms with E-state index in [4.69, 9.17) is 0 Å². The molecular weight excluding hydrogens is 198 g/mol. The summed E-state index contributed by atoms with van der Waals surface area (Å²) in [6, 6.07) is 0.511. The van der Waals surface area contributed by atoms with Crippen LogP contribution in [-0.2, 0) is 0 Å². The van der Waals surface area contributed by atoms with Gasteiger partial charge in [-0.1, -0.05) is 46.0 Å². The molecule has 0 heterocycles. The fraction of sp³-hybridized carbons (Fsp3) is 1.00. The number of nitrogens with one attached hydrogen (secondary N) is 1. The quantitative estimate of drug-likeness (QED) is 0.707. The van der Waals surface area contributed by atoms with Gasteiger partial charge >= 0.3 is 0 Å². The molecular formula is C14H29NO. The average molecular weight is 227 g/mol. The molecule has 0 aromatic heterocycles. The number of hydrogen-bond acceptors (Lipinski definition) is 2. The molecule has 0 aromatic rings. The Morgan fingerprint density at radius 1 is 1.12 bits per heavy atom. The maximum absolute atomic E-state index is 10.5. The second kappa shape index (κ2) is 6.61. The molecule has 2 heteroatoms. The van der Waals surface area contributed by atoms with Crippen LogP contribution in [0.4, 0.5) is 0 Å². The lowest BCUT2D eigenvalue weighted by Gasteiger charge is -2.30. The normalized spacial score (nSPS) is 24.8. The molecule has 1 rings (SSSR count). The van der Waals surface area contributed by atoms with Crippen molar-refractivity contribution in [2.75, 3.05) is 6.54 Å². The second-order valence-corrected chi connectivity index (χ2v) is 5.69. The van der Waals surface area contributed by atoms with Crippen LogP contribution in [0.3, 0.4) is 0 Å². The van der Waals surface area contributed by atoms with Crippen LogP contribution < -0.4 is 5.32 Å². The van der Waals surface area contributed by atoms with E-state index in [0.717, 1.165) is 19.4 Å². The first-order valence-electron chi connectivity index (χ1n) is 7.03. The van der Waals surface area contributed by atoms with Gasteiger partial charge in [0.05, 0.1) is 5.60 Å². The summed E-state index contributed by atoms with van der Waals surface area (Å²) in [5, 5.41) is 14.0. The molecule has 96 valence electrons. The second-order valence-electron chi connectivity index (χ2n) is 5.69. The fourth-order valence-electron chi connectivity index (χ4n) is 2.47. The molecule has 16 heavy (non-hydrogen) atoms. The van der Waals surface area contributed by atoms with Gasteiger partial charge in [0.15, 0.2) is 0 Å². The van der Waals surface area contributed by atoms with Crippen LogP contribution in [0.2, 0.25) is 0 Å². The van der Waals surface area contributed by atoms with Crippen molar-refractivity contribution >= 4 is 0 Å². The van der Waals surface area contributed by atoms with Crippen molar-refractivity contribution in [1.29, 1.82) is 0 Å². The van der Waals surface area contributed by atoms with Gasteiger partial charge in [-0.3, -0.25) is 0 Å². The van der Waals surface area contributed by atoms with Gasteiger partial charge in [0.2, 0.25) is 0 Å².